The summed E-state index contributed by atoms with van der Waals surface area (Å²) in [4.78, 5) is 10.9. The minimum absolute atomic E-state index is 0. The smallest absolute Gasteiger partial charge is 0.265 e. The number of carbonyl (C=O) groups is 1. The molecule has 0 aliphatic rings. The lowest BCUT2D eigenvalue weighted by molar-refractivity contribution is 0.0953. The van der Waals surface area contributed by atoms with Crippen LogP contribution in [-0.4, -0.2) is 11.0 Å². The zero-order chi connectivity index (χ0) is 8.97. The van der Waals surface area contributed by atoms with Gasteiger partial charge in [0.1, 0.15) is 0 Å². The van der Waals surface area contributed by atoms with E-state index in [4.69, 9.17) is 10.9 Å². The van der Waals surface area contributed by atoms with E-state index in [1.54, 1.807) is 24.3 Å². The number of carbonyl (C=O) groups excluding carboxylic acids is 1. The van der Waals surface area contributed by atoms with Gasteiger partial charge >= 0.3 is 0 Å². The second-order valence-electron chi connectivity index (χ2n) is 2.33. The van der Waals surface area contributed by atoms with E-state index in [1.165, 1.54) is 0 Å². The maximum Gasteiger partial charge on any atom is 0.265 e. The first-order valence-electron chi connectivity index (χ1n) is 3.48. The minimum Gasteiger partial charge on any atom is -0.392 e. The standard InChI is InChI=1S/C8H10N2O2.ClH/c9-10-8(12)7-3-1-6(5-11)2-4-7;/h1-4,11H,5,9H2,(H,10,12);1H. The van der Waals surface area contributed by atoms with E-state index in [-0.39, 0.29) is 24.9 Å². The molecule has 0 aliphatic carbocycles. The molecule has 5 heteroatoms. The van der Waals surface area contributed by atoms with Crippen molar-refractivity contribution in [2.75, 3.05) is 0 Å². The molecule has 0 bridgehead atoms. The van der Waals surface area contributed by atoms with Crippen LogP contribution < -0.4 is 11.3 Å². The zero-order valence-electron chi connectivity index (χ0n) is 6.86. The molecule has 0 aromatic heterocycles. The number of benzene rings is 1. The van der Waals surface area contributed by atoms with Crippen molar-refractivity contribution >= 4 is 18.3 Å². The summed E-state index contributed by atoms with van der Waals surface area (Å²) >= 11 is 0. The van der Waals surface area contributed by atoms with Gasteiger partial charge in [-0.15, -0.1) is 12.4 Å². The molecule has 13 heavy (non-hydrogen) atoms. The number of nitrogens with two attached hydrogens (primary N) is 1. The monoisotopic (exact) mass is 202 g/mol. The molecule has 0 atom stereocenters. The van der Waals surface area contributed by atoms with E-state index in [0.717, 1.165) is 5.56 Å². The predicted octanol–water partition coefficient (Wildman–Crippen LogP) is 0.204. The summed E-state index contributed by atoms with van der Waals surface area (Å²) in [6, 6.07) is 6.55. The van der Waals surface area contributed by atoms with E-state index >= 15 is 0 Å². The van der Waals surface area contributed by atoms with Crippen LogP contribution in [0.2, 0.25) is 0 Å². The summed E-state index contributed by atoms with van der Waals surface area (Å²) in [6.07, 6.45) is 0. The third-order valence-electron chi connectivity index (χ3n) is 1.53. The van der Waals surface area contributed by atoms with Crippen molar-refractivity contribution in [1.29, 1.82) is 0 Å². The molecule has 0 saturated carbocycles. The highest BCUT2D eigenvalue weighted by Gasteiger charge is 2.01. The normalized spacial score (nSPS) is 8.77. The Bertz CT molecular complexity index is 274. The fourth-order valence-electron chi connectivity index (χ4n) is 0.845. The van der Waals surface area contributed by atoms with Crippen LogP contribution in [0, 0.1) is 0 Å². The van der Waals surface area contributed by atoms with Crippen LogP contribution in [0.1, 0.15) is 15.9 Å². The van der Waals surface area contributed by atoms with Crippen LogP contribution in [0.3, 0.4) is 0 Å². The van der Waals surface area contributed by atoms with Crippen molar-refractivity contribution in [3.8, 4) is 0 Å². The molecule has 0 spiro atoms. The molecule has 72 valence electrons. The summed E-state index contributed by atoms with van der Waals surface area (Å²) in [5, 5.41) is 8.70. The number of hydrogen-bond donors (Lipinski definition) is 3. The van der Waals surface area contributed by atoms with E-state index in [1.807, 2.05) is 5.43 Å². The van der Waals surface area contributed by atoms with Crippen LogP contribution in [0.5, 0.6) is 0 Å². The Labute approximate surface area is 82.1 Å². The van der Waals surface area contributed by atoms with E-state index in [2.05, 4.69) is 0 Å². The zero-order valence-corrected chi connectivity index (χ0v) is 7.67. The molecule has 0 unspecified atom stereocenters. The fourth-order valence-corrected chi connectivity index (χ4v) is 0.845. The lowest BCUT2D eigenvalue weighted by Crippen LogP contribution is -2.29. The number of hydrogen-bond acceptors (Lipinski definition) is 3. The van der Waals surface area contributed by atoms with Gasteiger partial charge in [-0.1, -0.05) is 12.1 Å². The van der Waals surface area contributed by atoms with Gasteiger partial charge in [0.15, 0.2) is 0 Å². The molecule has 4 nitrogen and oxygen atoms in total. The van der Waals surface area contributed by atoms with Crippen LogP contribution in [0.25, 0.3) is 0 Å². The average molecular weight is 203 g/mol. The highest BCUT2D eigenvalue weighted by molar-refractivity contribution is 5.93. The van der Waals surface area contributed by atoms with Gasteiger partial charge in [0.05, 0.1) is 6.61 Å². The van der Waals surface area contributed by atoms with Crippen LogP contribution >= 0.6 is 12.4 Å². The quantitative estimate of drug-likeness (QED) is 0.365. The molecule has 0 heterocycles. The molecule has 0 saturated heterocycles. The summed E-state index contributed by atoms with van der Waals surface area (Å²) in [5.74, 6) is 4.59. The molecular weight excluding hydrogens is 192 g/mol. The summed E-state index contributed by atoms with van der Waals surface area (Å²) < 4.78 is 0. The first kappa shape index (κ1) is 11.9. The lowest BCUT2D eigenvalue weighted by atomic mass is 10.1. The molecular formula is C8H11ClN2O2. The minimum atomic E-state index is -0.334. The number of rotatable bonds is 2. The summed E-state index contributed by atoms with van der Waals surface area (Å²) in [7, 11) is 0. The average Bonchev–Trinajstić information content (AvgIpc) is 2.17. The second kappa shape index (κ2) is 5.53. The van der Waals surface area contributed by atoms with Gasteiger partial charge in [-0.25, -0.2) is 5.84 Å². The van der Waals surface area contributed by atoms with Gasteiger partial charge in [0.2, 0.25) is 0 Å². The van der Waals surface area contributed by atoms with Crippen LogP contribution in [-0.2, 0) is 6.61 Å². The maximum atomic E-state index is 10.9. The first-order valence-corrected chi connectivity index (χ1v) is 3.48. The highest BCUT2D eigenvalue weighted by Crippen LogP contribution is 2.03. The van der Waals surface area contributed by atoms with Crippen molar-refractivity contribution in [3.05, 3.63) is 35.4 Å². The Kier molecular flexibility index (Phi) is 5.06. The Morgan fingerprint density at radius 1 is 1.38 bits per heavy atom. The summed E-state index contributed by atoms with van der Waals surface area (Å²) in [5.41, 5.74) is 3.27. The van der Waals surface area contributed by atoms with E-state index < -0.39 is 0 Å². The second-order valence-corrected chi connectivity index (χ2v) is 2.33. The van der Waals surface area contributed by atoms with Gasteiger partial charge in [0, 0.05) is 5.56 Å². The summed E-state index contributed by atoms with van der Waals surface area (Å²) in [6.45, 7) is -0.0233. The largest absolute Gasteiger partial charge is 0.392 e. The van der Waals surface area contributed by atoms with Crippen LogP contribution in [0.4, 0.5) is 0 Å². The fraction of sp³-hybridized carbons (Fsp3) is 0.125. The number of aliphatic hydroxyl groups is 1. The molecule has 0 fully saturated rings. The molecule has 0 aliphatic heterocycles. The Hall–Kier alpha value is -1.10. The van der Waals surface area contributed by atoms with Crippen molar-refractivity contribution in [1.82, 2.24) is 5.43 Å². The molecule has 4 N–H and O–H groups in total. The van der Waals surface area contributed by atoms with Crippen molar-refractivity contribution in [2.45, 2.75) is 6.61 Å². The topological polar surface area (TPSA) is 75.3 Å². The first-order chi connectivity index (χ1) is 5.77. The van der Waals surface area contributed by atoms with Gasteiger partial charge in [-0.2, -0.15) is 0 Å². The van der Waals surface area contributed by atoms with Gasteiger partial charge in [-0.3, -0.25) is 10.2 Å². The van der Waals surface area contributed by atoms with Crippen molar-refractivity contribution in [3.63, 3.8) is 0 Å². The number of hydrazine groups is 1. The highest BCUT2D eigenvalue weighted by atomic mass is 35.5. The predicted molar refractivity (Wildman–Crippen MR) is 51.3 cm³/mol. The van der Waals surface area contributed by atoms with Crippen molar-refractivity contribution < 1.29 is 9.90 Å². The number of amides is 1. The number of halogens is 1. The molecule has 1 amide bonds. The molecule has 0 radical (unpaired) electrons. The molecule has 1 aromatic carbocycles. The Morgan fingerprint density at radius 3 is 2.31 bits per heavy atom. The Balaban J connectivity index is 0.00000144. The number of nitrogen functional groups attached to an aromatic ring is 1. The molecule has 1 aromatic rings. The lowest BCUT2D eigenvalue weighted by Gasteiger charge is -1.99. The third kappa shape index (κ3) is 3.02. The van der Waals surface area contributed by atoms with Gasteiger partial charge in [-0.05, 0) is 17.7 Å². The van der Waals surface area contributed by atoms with E-state index in [9.17, 15) is 4.79 Å². The van der Waals surface area contributed by atoms with Gasteiger partial charge < -0.3 is 5.11 Å². The van der Waals surface area contributed by atoms with Crippen LogP contribution in [0.15, 0.2) is 24.3 Å². The third-order valence-corrected chi connectivity index (χ3v) is 1.53. The maximum absolute atomic E-state index is 10.9. The van der Waals surface area contributed by atoms with Gasteiger partial charge in [0.25, 0.3) is 5.91 Å². The number of aliphatic hydroxyl groups excluding tert-OH is 1. The molecule has 1 rings (SSSR count). The van der Waals surface area contributed by atoms with E-state index in [0.29, 0.717) is 5.56 Å². The SMILES string of the molecule is Cl.NNC(=O)c1ccc(CO)cc1. The Morgan fingerprint density at radius 2 is 1.92 bits per heavy atom. The number of nitrogens with one attached hydrogen (secondary N) is 1. The van der Waals surface area contributed by atoms with Crippen molar-refractivity contribution in [2.24, 2.45) is 5.84 Å².